The van der Waals surface area contributed by atoms with Gasteiger partial charge < -0.3 is 25.4 Å². The van der Waals surface area contributed by atoms with Gasteiger partial charge in [0, 0.05) is 13.6 Å². The van der Waals surface area contributed by atoms with Crippen molar-refractivity contribution in [1.82, 2.24) is 15.5 Å². The minimum absolute atomic E-state index is 0.0146. The molecule has 1 aromatic carbocycles. The third-order valence-corrected chi connectivity index (χ3v) is 7.69. The van der Waals surface area contributed by atoms with E-state index in [-0.39, 0.29) is 36.4 Å². The Bertz CT molecular complexity index is 878. The average molecular weight is 444 g/mol. The molecule has 4 rings (SSSR count). The zero-order valence-corrected chi connectivity index (χ0v) is 18.9. The van der Waals surface area contributed by atoms with Gasteiger partial charge in [0.05, 0.1) is 30.6 Å². The number of hydrogen-bond acceptors (Lipinski definition) is 5. The van der Waals surface area contributed by atoms with Crippen molar-refractivity contribution >= 4 is 17.7 Å². The highest BCUT2D eigenvalue weighted by molar-refractivity contribution is 5.99. The topological polar surface area (TPSA) is 108 Å². The number of likely N-dealkylation sites (tertiary alicyclic amines) is 1. The molecule has 3 aliphatic heterocycles. The molecule has 3 heterocycles. The van der Waals surface area contributed by atoms with Gasteiger partial charge in [0.15, 0.2) is 0 Å². The van der Waals surface area contributed by atoms with Gasteiger partial charge in [-0.3, -0.25) is 14.4 Å². The van der Waals surface area contributed by atoms with E-state index in [1.54, 1.807) is 7.05 Å². The van der Waals surface area contributed by atoms with Crippen LogP contribution in [0.1, 0.15) is 38.7 Å². The quantitative estimate of drug-likeness (QED) is 0.552. The van der Waals surface area contributed by atoms with Crippen LogP contribution in [0.15, 0.2) is 30.3 Å². The van der Waals surface area contributed by atoms with Crippen molar-refractivity contribution in [3.05, 3.63) is 35.9 Å². The summed E-state index contributed by atoms with van der Waals surface area (Å²) < 4.78 is 6.35. The maximum absolute atomic E-state index is 13.8. The molecule has 2 bridgehead atoms. The highest BCUT2D eigenvalue weighted by Gasteiger charge is 2.75. The second-order valence-corrected chi connectivity index (χ2v) is 9.25. The minimum Gasteiger partial charge on any atom is -0.394 e. The van der Waals surface area contributed by atoms with Crippen LogP contribution in [-0.4, -0.2) is 65.2 Å². The first kappa shape index (κ1) is 22.7. The lowest BCUT2D eigenvalue weighted by Crippen LogP contribution is -2.59. The molecule has 3 fully saturated rings. The Morgan fingerprint density at radius 2 is 2.00 bits per heavy atom. The number of benzene rings is 1. The van der Waals surface area contributed by atoms with Crippen LogP contribution in [0.2, 0.25) is 0 Å². The zero-order chi connectivity index (χ0) is 23.0. The van der Waals surface area contributed by atoms with Crippen molar-refractivity contribution in [2.75, 3.05) is 13.7 Å². The Morgan fingerprint density at radius 1 is 1.28 bits per heavy atom. The van der Waals surface area contributed by atoms with E-state index in [2.05, 4.69) is 10.6 Å². The molecule has 0 radical (unpaired) electrons. The predicted octanol–water partition coefficient (Wildman–Crippen LogP) is 0.830. The van der Waals surface area contributed by atoms with Crippen LogP contribution >= 0.6 is 0 Å². The summed E-state index contributed by atoms with van der Waals surface area (Å²) in [6.45, 7) is 4.04. The van der Waals surface area contributed by atoms with E-state index < -0.39 is 29.5 Å². The van der Waals surface area contributed by atoms with Crippen molar-refractivity contribution in [3.8, 4) is 0 Å². The number of carbonyl (C=O) groups is 3. The number of aliphatic hydroxyl groups excluding tert-OH is 1. The van der Waals surface area contributed by atoms with Crippen LogP contribution < -0.4 is 10.6 Å². The second kappa shape index (κ2) is 8.83. The fourth-order valence-electron chi connectivity index (χ4n) is 5.91. The summed E-state index contributed by atoms with van der Waals surface area (Å²) in [5, 5.41) is 15.9. The molecule has 1 aromatic rings. The van der Waals surface area contributed by atoms with Gasteiger partial charge in [0.25, 0.3) is 0 Å². The largest absolute Gasteiger partial charge is 0.394 e. The van der Waals surface area contributed by atoms with Crippen LogP contribution in [0.4, 0.5) is 0 Å². The van der Waals surface area contributed by atoms with Gasteiger partial charge in [-0.2, -0.15) is 0 Å². The van der Waals surface area contributed by atoms with Crippen LogP contribution in [0.25, 0.3) is 0 Å². The molecule has 0 saturated carbocycles. The van der Waals surface area contributed by atoms with Gasteiger partial charge in [-0.15, -0.1) is 0 Å². The van der Waals surface area contributed by atoms with Gasteiger partial charge in [-0.25, -0.2) is 0 Å². The molecule has 8 heteroatoms. The average Bonchev–Trinajstić information content (AvgIpc) is 3.46. The molecule has 0 aromatic heterocycles. The van der Waals surface area contributed by atoms with Gasteiger partial charge >= 0.3 is 0 Å². The number of fused-ring (bicyclic) bond motifs is 1. The van der Waals surface area contributed by atoms with Crippen molar-refractivity contribution in [2.45, 2.75) is 63.4 Å². The standard InChI is InChI=1S/C24H33N3O5/c1-4-14(2)16(13-28)27-20(22(30)26-12-15-8-6-5-7-9-15)24-11-10-17(32-24)18(21(29)25-3)19(24)23(27)31/h5-9,14,16-20,28H,4,10-13H2,1-3H3,(H,25,29)(H,26,30)/t14-,16-,17-,18+,19-,20?,24?/m0/s1. The molecule has 8 nitrogen and oxygen atoms in total. The van der Waals surface area contributed by atoms with Crippen LogP contribution in [-0.2, 0) is 25.7 Å². The normalized spacial score (nSPS) is 32.5. The summed E-state index contributed by atoms with van der Waals surface area (Å²) in [4.78, 5) is 41.6. The molecule has 7 atom stereocenters. The van der Waals surface area contributed by atoms with E-state index in [0.29, 0.717) is 19.4 Å². The van der Waals surface area contributed by atoms with E-state index in [4.69, 9.17) is 4.74 Å². The number of amides is 3. The molecular weight excluding hydrogens is 410 g/mol. The summed E-state index contributed by atoms with van der Waals surface area (Å²) in [7, 11) is 1.55. The molecule has 174 valence electrons. The van der Waals surface area contributed by atoms with Crippen molar-refractivity contribution < 1.29 is 24.2 Å². The SMILES string of the molecule is CC[C@H](C)[C@H](CO)N1C(=O)[C@@H]2[C@H](C(=O)NC)[C@@H]3CCC2(O3)C1C(=O)NCc1ccccc1. The van der Waals surface area contributed by atoms with Crippen LogP contribution in [0.5, 0.6) is 0 Å². The molecule has 1 spiro atoms. The molecule has 3 saturated heterocycles. The molecule has 32 heavy (non-hydrogen) atoms. The van der Waals surface area contributed by atoms with Crippen LogP contribution in [0, 0.1) is 17.8 Å². The molecular formula is C24H33N3O5. The van der Waals surface area contributed by atoms with E-state index in [0.717, 1.165) is 12.0 Å². The Kier molecular flexibility index (Phi) is 6.27. The highest BCUT2D eigenvalue weighted by atomic mass is 16.5. The lowest BCUT2D eigenvalue weighted by Gasteiger charge is -2.38. The lowest BCUT2D eigenvalue weighted by atomic mass is 9.70. The summed E-state index contributed by atoms with van der Waals surface area (Å²) in [5.41, 5.74) is -0.0908. The van der Waals surface area contributed by atoms with Crippen molar-refractivity contribution in [2.24, 2.45) is 17.8 Å². The zero-order valence-electron chi connectivity index (χ0n) is 18.9. The van der Waals surface area contributed by atoms with Gasteiger partial charge in [0.2, 0.25) is 17.7 Å². The van der Waals surface area contributed by atoms with E-state index >= 15 is 0 Å². The first-order valence-corrected chi connectivity index (χ1v) is 11.5. The molecule has 0 aliphatic carbocycles. The summed E-state index contributed by atoms with van der Waals surface area (Å²) >= 11 is 0. The molecule has 2 unspecified atom stereocenters. The summed E-state index contributed by atoms with van der Waals surface area (Å²) in [6, 6.07) is 8.17. The lowest BCUT2D eigenvalue weighted by molar-refractivity contribution is -0.147. The van der Waals surface area contributed by atoms with E-state index in [1.165, 1.54) is 4.90 Å². The molecule has 3 amide bonds. The monoisotopic (exact) mass is 443 g/mol. The van der Waals surface area contributed by atoms with Gasteiger partial charge in [0.1, 0.15) is 11.6 Å². The Morgan fingerprint density at radius 3 is 2.62 bits per heavy atom. The fraction of sp³-hybridized carbons (Fsp3) is 0.625. The number of rotatable bonds is 8. The number of ether oxygens (including phenoxy) is 1. The maximum Gasteiger partial charge on any atom is 0.246 e. The van der Waals surface area contributed by atoms with Gasteiger partial charge in [-0.05, 0) is 24.3 Å². The molecule has 3 aliphatic rings. The predicted molar refractivity (Wildman–Crippen MR) is 117 cm³/mol. The highest BCUT2D eigenvalue weighted by Crippen LogP contribution is 2.59. The van der Waals surface area contributed by atoms with Gasteiger partial charge in [-0.1, -0.05) is 50.6 Å². The minimum atomic E-state index is -1.04. The number of nitrogens with zero attached hydrogens (tertiary/aromatic N) is 1. The first-order valence-electron chi connectivity index (χ1n) is 11.5. The fourth-order valence-corrected chi connectivity index (χ4v) is 5.91. The number of hydrogen-bond donors (Lipinski definition) is 3. The number of nitrogens with one attached hydrogen (secondary N) is 2. The van der Waals surface area contributed by atoms with Crippen LogP contribution in [0.3, 0.4) is 0 Å². The third-order valence-electron chi connectivity index (χ3n) is 7.69. The smallest absolute Gasteiger partial charge is 0.246 e. The maximum atomic E-state index is 13.8. The Hall–Kier alpha value is -2.45. The van der Waals surface area contributed by atoms with Crippen molar-refractivity contribution in [3.63, 3.8) is 0 Å². The third kappa shape index (κ3) is 3.40. The summed E-state index contributed by atoms with van der Waals surface area (Å²) in [5.74, 6) is -2.15. The Labute approximate surface area is 188 Å². The van der Waals surface area contributed by atoms with E-state index in [9.17, 15) is 19.5 Å². The van der Waals surface area contributed by atoms with E-state index in [1.807, 2.05) is 44.2 Å². The number of carbonyl (C=O) groups excluding carboxylic acids is 3. The number of aliphatic hydroxyl groups is 1. The second-order valence-electron chi connectivity index (χ2n) is 9.25. The van der Waals surface area contributed by atoms with Crippen molar-refractivity contribution in [1.29, 1.82) is 0 Å². The summed E-state index contributed by atoms with van der Waals surface area (Å²) in [6.07, 6.45) is 1.55. The Balaban J connectivity index is 1.70. The molecule has 3 N–H and O–H groups in total. The first-order chi connectivity index (χ1) is 15.4.